The predicted octanol–water partition coefficient (Wildman–Crippen LogP) is 2.48. The molecule has 2 aliphatic rings. The summed E-state index contributed by atoms with van der Waals surface area (Å²) in [5.41, 5.74) is 0. The first kappa shape index (κ1) is 19.0. The van der Waals surface area contributed by atoms with E-state index in [9.17, 15) is 9.59 Å². The molecule has 0 bridgehead atoms. The van der Waals surface area contributed by atoms with Crippen molar-refractivity contribution in [1.29, 1.82) is 0 Å². The monoisotopic (exact) mass is 361 g/mol. The molecule has 2 heterocycles. The molecule has 1 aliphatic carbocycles. The second-order valence-electron chi connectivity index (χ2n) is 7.87. The van der Waals surface area contributed by atoms with Crippen LogP contribution < -0.4 is 10.6 Å². The lowest BCUT2D eigenvalue weighted by atomic mass is 9.86. The molecule has 2 N–H and O–H groups in total. The average molecular weight is 361 g/mol. The Morgan fingerprint density at radius 3 is 2.50 bits per heavy atom. The molecule has 2 fully saturated rings. The van der Waals surface area contributed by atoms with Crippen LogP contribution in [0.15, 0.2) is 16.5 Å². The van der Waals surface area contributed by atoms with E-state index in [0.717, 1.165) is 38.1 Å². The molecule has 144 valence electrons. The van der Waals surface area contributed by atoms with Crippen molar-refractivity contribution in [3.63, 3.8) is 0 Å². The Balaban J connectivity index is 1.38. The number of nitrogens with one attached hydrogen (secondary N) is 2. The van der Waals surface area contributed by atoms with E-state index in [4.69, 9.17) is 4.42 Å². The van der Waals surface area contributed by atoms with Crippen molar-refractivity contribution in [2.24, 2.45) is 5.92 Å². The third kappa shape index (κ3) is 5.10. The first-order valence-corrected chi connectivity index (χ1v) is 9.90. The highest BCUT2D eigenvalue weighted by Crippen LogP contribution is 2.23. The maximum absolute atomic E-state index is 12.3. The topological polar surface area (TPSA) is 74.6 Å². The van der Waals surface area contributed by atoms with Crippen molar-refractivity contribution in [2.75, 3.05) is 19.6 Å². The lowest BCUT2D eigenvalue weighted by Crippen LogP contribution is -2.49. The number of rotatable bonds is 5. The maximum atomic E-state index is 12.3. The quantitative estimate of drug-likeness (QED) is 0.845. The number of likely N-dealkylation sites (tertiary alicyclic amines) is 1. The molecule has 1 aliphatic heterocycles. The van der Waals surface area contributed by atoms with E-state index in [0.29, 0.717) is 24.3 Å². The highest BCUT2D eigenvalue weighted by Gasteiger charge is 2.26. The van der Waals surface area contributed by atoms with E-state index in [1.165, 1.54) is 19.3 Å². The molecule has 2 unspecified atom stereocenters. The summed E-state index contributed by atoms with van der Waals surface area (Å²) >= 11 is 0. The van der Waals surface area contributed by atoms with E-state index < -0.39 is 0 Å². The summed E-state index contributed by atoms with van der Waals surface area (Å²) < 4.78 is 5.37. The first-order chi connectivity index (χ1) is 12.5. The van der Waals surface area contributed by atoms with Gasteiger partial charge in [0.1, 0.15) is 5.76 Å². The zero-order chi connectivity index (χ0) is 18.5. The standard InChI is InChI=1S/C20H31N3O3/c1-14-5-3-4-6-17(14)22-19(24)13-23-11-9-16(10-12-23)21-20(25)18-8-7-15(2)26-18/h7-8,14,16-17H,3-6,9-13H2,1-2H3,(H,21,25)(H,22,24). The minimum Gasteiger partial charge on any atom is -0.456 e. The van der Waals surface area contributed by atoms with Crippen molar-refractivity contribution in [3.8, 4) is 0 Å². The van der Waals surface area contributed by atoms with Gasteiger partial charge in [0.2, 0.25) is 5.91 Å². The molecule has 6 heteroatoms. The van der Waals surface area contributed by atoms with Gasteiger partial charge >= 0.3 is 0 Å². The van der Waals surface area contributed by atoms with Gasteiger partial charge in [0.05, 0.1) is 6.54 Å². The van der Waals surface area contributed by atoms with Gasteiger partial charge in [-0.15, -0.1) is 0 Å². The zero-order valence-corrected chi connectivity index (χ0v) is 15.9. The van der Waals surface area contributed by atoms with Crippen LogP contribution in [0.2, 0.25) is 0 Å². The lowest BCUT2D eigenvalue weighted by molar-refractivity contribution is -0.123. The van der Waals surface area contributed by atoms with Crippen molar-refractivity contribution >= 4 is 11.8 Å². The number of piperidine rings is 1. The molecule has 6 nitrogen and oxygen atoms in total. The van der Waals surface area contributed by atoms with Crippen LogP contribution in [0, 0.1) is 12.8 Å². The minimum atomic E-state index is -0.152. The van der Waals surface area contributed by atoms with Crippen LogP contribution in [0.1, 0.15) is 61.8 Å². The van der Waals surface area contributed by atoms with Gasteiger partial charge in [0.25, 0.3) is 5.91 Å². The van der Waals surface area contributed by atoms with Gasteiger partial charge in [-0.2, -0.15) is 0 Å². The van der Waals surface area contributed by atoms with Crippen molar-refractivity contribution in [2.45, 2.75) is 64.5 Å². The highest BCUT2D eigenvalue weighted by molar-refractivity contribution is 5.91. The highest BCUT2D eigenvalue weighted by atomic mass is 16.3. The molecule has 0 radical (unpaired) electrons. The van der Waals surface area contributed by atoms with E-state index in [-0.39, 0.29) is 17.9 Å². The molecular weight excluding hydrogens is 330 g/mol. The van der Waals surface area contributed by atoms with Crippen LogP contribution in [0.4, 0.5) is 0 Å². The number of nitrogens with zero attached hydrogens (tertiary/aromatic N) is 1. The molecule has 26 heavy (non-hydrogen) atoms. The fourth-order valence-corrected chi connectivity index (χ4v) is 4.03. The molecule has 0 spiro atoms. The summed E-state index contributed by atoms with van der Waals surface area (Å²) in [6, 6.07) is 3.98. The van der Waals surface area contributed by atoms with Crippen LogP contribution in [-0.4, -0.2) is 48.4 Å². The molecule has 1 aromatic heterocycles. The van der Waals surface area contributed by atoms with Gasteiger partial charge in [-0.05, 0) is 50.7 Å². The Morgan fingerprint density at radius 1 is 1.12 bits per heavy atom. The van der Waals surface area contributed by atoms with E-state index >= 15 is 0 Å². The summed E-state index contributed by atoms with van der Waals surface area (Å²) in [5.74, 6) is 1.67. The Hall–Kier alpha value is -1.82. The number of aryl methyl sites for hydroxylation is 1. The summed E-state index contributed by atoms with van der Waals surface area (Å²) in [7, 11) is 0. The summed E-state index contributed by atoms with van der Waals surface area (Å²) in [5, 5.41) is 6.25. The number of carbonyl (C=O) groups is 2. The molecular formula is C20H31N3O3. The van der Waals surface area contributed by atoms with Gasteiger partial charge in [0, 0.05) is 25.2 Å². The Bertz CT molecular complexity index is 620. The second kappa shape index (κ2) is 8.71. The number of hydrogen-bond acceptors (Lipinski definition) is 4. The van der Waals surface area contributed by atoms with Gasteiger partial charge in [0.15, 0.2) is 5.76 Å². The predicted molar refractivity (Wildman–Crippen MR) is 99.9 cm³/mol. The van der Waals surface area contributed by atoms with Crippen molar-refractivity contribution in [1.82, 2.24) is 15.5 Å². The van der Waals surface area contributed by atoms with Crippen LogP contribution in [0.25, 0.3) is 0 Å². The largest absolute Gasteiger partial charge is 0.456 e. The summed E-state index contributed by atoms with van der Waals surface area (Å²) in [6.07, 6.45) is 6.54. The van der Waals surface area contributed by atoms with E-state index in [2.05, 4.69) is 22.5 Å². The van der Waals surface area contributed by atoms with Crippen molar-refractivity contribution in [3.05, 3.63) is 23.7 Å². The first-order valence-electron chi connectivity index (χ1n) is 9.90. The lowest BCUT2D eigenvalue weighted by Gasteiger charge is -2.33. The van der Waals surface area contributed by atoms with Gasteiger partial charge in [-0.1, -0.05) is 19.8 Å². The summed E-state index contributed by atoms with van der Waals surface area (Å²) in [6.45, 7) is 6.18. The second-order valence-corrected chi connectivity index (χ2v) is 7.87. The fourth-order valence-electron chi connectivity index (χ4n) is 4.03. The molecule has 1 saturated carbocycles. The van der Waals surface area contributed by atoms with Gasteiger partial charge in [-0.25, -0.2) is 0 Å². The molecule has 2 amide bonds. The number of amides is 2. The van der Waals surface area contributed by atoms with Crippen LogP contribution in [-0.2, 0) is 4.79 Å². The molecule has 0 aromatic carbocycles. The minimum absolute atomic E-state index is 0.136. The Morgan fingerprint density at radius 2 is 1.85 bits per heavy atom. The van der Waals surface area contributed by atoms with Crippen LogP contribution >= 0.6 is 0 Å². The average Bonchev–Trinajstić information content (AvgIpc) is 3.05. The van der Waals surface area contributed by atoms with E-state index in [1.54, 1.807) is 12.1 Å². The van der Waals surface area contributed by atoms with Gasteiger partial charge in [-0.3, -0.25) is 14.5 Å². The number of hydrogen-bond donors (Lipinski definition) is 2. The van der Waals surface area contributed by atoms with Gasteiger partial charge < -0.3 is 15.1 Å². The molecule has 2 atom stereocenters. The third-order valence-electron chi connectivity index (χ3n) is 5.71. The smallest absolute Gasteiger partial charge is 0.287 e. The molecule has 1 aromatic rings. The Kier molecular flexibility index (Phi) is 6.35. The summed E-state index contributed by atoms with van der Waals surface area (Å²) in [4.78, 5) is 26.7. The number of furan rings is 1. The molecule has 3 rings (SSSR count). The third-order valence-corrected chi connectivity index (χ3v) is 5.71. The maximum Gasteiger partial charge on any atom is 0.287 e. The van der Waals surface area contributed by atoms with Crippen molar-refractivity contribution < 1.29 is 14.0 Å². The molecule has 1 saturated heterocycles. The normalized spacial score (nSPS) is 25.0. The van der Waals surface area contributed by atoms with E-state index in [1.807, 2.05) is 6.92 Å². The Labute approximate surface area is 155 Å². The fraction of sp³-hybridized carbons (Fsp3) is 0.700. The number of carbonyl (C=O) groups excluding carboxylic acids is 2. The van der Waals surface area contributed by atoms with Crippen LogP contribution in [0.3, 0.4) is 0 Å². The SMILES string of the molecule is Cc1ccc(C(=O)NC2CCN(CC(=O)NC3CCCCC3C)CC2)o1. The van der Waals surface area contributed by atoms with Crippen LogP contribution in [0.5, 0.6) is 0 Å². The zero-order valence-electron chi connectivity index (χ0n) is 15.9.